The molecule has 0 radical (unpaired) electrons. The van der Waals surface area contributed by atoms with Crippen LogP contribution in [-0.4, -0.2) is 17.5 Å². The van der Waals surface area contributed by atoms with Crippen molar-refractivity contribution in [1.29, 1.82) is 0 Å². The fraction of sp³-hybridized carbons (Fsp3) is 0.200. The molecule has 0 amide bonds. The van der Waals surface area contributed by atoms with Gasteiger partial charge in [-0.25, -0.2) is 4.98 Å². The highest BCUT2D eigenvalue weighted by molar-refractivity contribution is 8.00. The van der Waals surface area contributed by atoms with Gasteiger partial charge in [0.05, 0.1) is 10.4 Å². The van der Waals surface area contributed by atoms with E-state index in [0.717, 1.165) is 10.5 Å². The molecule has 0 aliphatic carbocycles. The third kappa shape index (κ3) is 1.53. The van der Waals surface area contributed by atoms with Crippen LogP contribution < -0.4 is 0 Å². The molecular weight excluding hydrogens is 154 g/mol. The summed E-state index contributed by atoms with van der Waals surface area (Å²) in [4.78, 5) is 13.9. The number of hydrogen-bond donors (Lipinski definition) is 0. The number of thiazole rings is 1. The van der Waals surface area contributed by atoms with Crippen LogP contribution >= 0.6 is 23.1 Å². The van der Waals surface area contributed by atoms with E-state index in [4.69, 9.17) is 0 Å². The summed E-state index contributed by atoms with van der Waals surface area (Å²) in [5.41, 5.74) is 0. The number of nitrogens with zero attached hydrogens (tertiary/aromatic N) is 1. The first-order valence-electron chi connectivity index (χ1n) is 2.32. The van der Waals surface area contributed by atoms with E-state index in [1.807, 2.05) is 6.26 Å². The molecule has 9 heavy (non-hydrogen) atoms. The second-order valence-corrected chi connectivity index (χ2v) is 3.51. The van der Waals surface area contributed by atoms with Crippen molar-refractivity contribution >= 4 is 29.4 Å². The van der Waals surface area contributed by atoms with Gasteiger partial charge in [0.25, 0.3) is 0 Å². The Morgan fingerprint density at radius 3 is 3.00 bits per heavy atom. The molecule has 0 spiro atoms. The zero-order valence-corrected chi connectivity index (χ0v) is 6.46. The fourth-order valence-corrected chi connectivity index (χ4v) is 1.63. The average Bonchev–Trinajstić information content (AvgIpc) is 2.34. The Labute approximate surface area is 61.3 Å². The first-order valence-corrected chi connectivity index (χ1v) is 4.36. The lowest BCUT2D eigenvalue weighted by atomic mass is 10.8. The Balaban J connectivity index is 2.86. The minimum atomic E-state index is 0.555. The van der Waals surface area contributed by atoms with Crippen molar-refractivity contribution < 1.29 is 4.79 Å². The molecule has 2 nitrogen and oxygen atoms in total. The molecule has 0 aliphatic heterocycles. The molecule has 1 aromatic rings. The lowest BCUT2D eigenvalue weighted by molar-refractivity contribution is 0.112. The fourth-order valence-electron chi connectivity index (χ4n) is 0.421. The summed E-state index contributed by atoms with van der Waals surface area (Å²) in [5.74, 6) is 0. The minimum Gasteiger partial charge on any atom is -0.295 e. The van der Waals surface area contributed by atoms with Crippen LogP contribution in [-0.2, 0) is 0 Å². The van der Waals surface area contributed by atoms with Crippen molar-refractivity contribution in [2.75, 3.05) is 6.26 Å². The van der Waals surface area contributed by atoms with Gasteiger partial charge in [0.1, 0.15) is 0 Å². The van der Waals surface area contributed by atoms with Gasteiger partial charge < -0.3 is 0 Å². The molecule has 0 aromatic carbocycles. The van der Waals surface area contributed by atoms with Crippen molar-refractivity contribution in [3.8, 4) is 0 Å². The molecule has 0 unspecified atom stereocenters. The van der Waals surface area contributed by atoms with Gasteiger partial charge in [-0.15, -0.1) is 23.1 Å². The van der Waals surface area contributed by atoms with Crippen LogP contribution in [0.25, 0.3) is 0 Å². The number of hydrogen-bond acceptors (Lipinski definition) is 4. The Bertz CT molecular complexity index is 208. The average molecular weight is 159 g/mol. The predicted molar refractivity (Wildman–Crippen MR) is 39.3 cm³/mol. The molecule has 0 saturated heterocycles. The number of carbonyl (C=O) groups is 1. The molecule has 0 N–H and O–H groups in total. The van der Waals surface area contributed by atoms with E-state index in [0.29, 0.717) is 5.01 Å². The summed E-state index contributed by atoms with van der Waals surface area (Å²) in [6, 6.07) is 0. The maximum atomic E-state index is 10.1. The second-order valence-electron chi connectivity index (χ2n) is 1.34. The van der Waals surface area contributed by atoms with E-state index >= 15 is 0 Å². The molecule has 48 valence electrons. The molecular formula is C5H5NOS2. The Morgan fingerprint density at radius 2 is 2.67 bits per heavy atom. The first kappa shape index (κ1) is 6.77. The van der Waals surface area contributed by atoms with Crippen LogP contribution in [0.3, 0.4) is 0 Å². The zero-order valence-electron chi connectivity index (χ0n) is 4.83. The smallest absolute Gasteiger partial charge is 0.178 e. The monoisotopic (exact) mass is 159 g/mol. The minimum absolute atomic E-state index is 0.555. The lowest BCUT2D eigenvalue weighted by Gasteiger charge is -1.77. The molecule has 1 aromatic heterocycles. The third-order valence-corrected chi connectivity index (χ3v) is 2.78. The van der Waals surface area contributed by atoms with E-state index in [-0.39, 0.29) is 0 Å². The molecule has 0 atom stereocenters. The summed E-state index contributed by atoms with van der Waals surface area (Å²) in [7, 11) is 0. The van der Waals surface area contributed by atoms with Gasteiger partial charge in [0, 0.05) is 0 Å². The van der Waals surface area contributed by atoms with Crippen LogP contribution in [0, 0.1) is 0 Å². The summed E-state index contributed by atoms with van der Waals surface area (Å²) >= 11 is 3.02. The highest BCUT2D eigenvalue weighted by Gasteiger charge is 1.96. The van der Waals surface area contributed by atoms with Crippen LogP contribution in [0.1, 0.15) is 9.80 Å². The molecule has 0 saturated carbocycles. The number of aromatic nitrogens is 1. The van der Waals surface area contributed by atoms with Gasteiger partial charge in [-0.3, -0.25) is 4.79 Å². The van der Waals surface area contributed by atoms with E-state index in [1.165, 1.54) is 11.3 Å². The van der Waals surface area contributed by atoms with Crippen molar-refractivity contribution in [2.45, 2.75) is 4.21 Å². The van der Waals surface area contributed by atoms with Crippen molar-refractivity contribution in [3.05, 3.63) is 11.2 Å². The van der Waals surface area contributed by atoms with E-state index in [2.05, 4.69) is 4.98 Å². The first-order chi connectivity index (χ1) is 4.36. The van der Waals surface area contributed by atoms with Crippen LogP contribution in [0.15, 0.2) is 10.4 Å². The zero-order chi connectivity index (χ0) is 6.69. The van der Waals surface area contributed by atoms with Crippen molar-refractivity contribution in [3.63, 3.8) is 0 Å². The summed E-state index contributed by atoms with van der Waals surface area (Å²) < 4.78 is 1.08. The normalized spacial score (nSPS) is 9.44. The van der Waals surface area contributed by atoms with Crippen LogP contribution in [0.2, 0.25) is 0 Å². The maximum Gasteiger partial charge on any atom is 0.178 e. The van der Waals surface area contributed by atoms with Crippen LogP contribution in [0.5, 0.6) is 0 Å². The molecule has 0 aliphatic rings. The highest BCUT2D eigenvalue weighted by atomic mass is 32.2. The molecule has 0 bridgehead atoms. The lowest BCUT2D eigenvalue weighted by Crippen LogP contribution is -1.69. The summed E-state index contributed by atoms with van der Waals surface area (Å²) in [6.45, 7) is 0. The van der Waals surface area contributed by atoms with Gasteiger partial charge in [-0.1, -0.05) is 0 Å². The topological polar surface area (TPSA) is 30.0 Å². The summed E-state index contributed by atoms with van der Waals surface area (Å²) in [5, 5.41) is 0.555. The van der Waals surface area contributed by atoms with Gasteiger partial charge in [0.2, 0.25) is 0 Å². The van der Waals surface area contributed by atoms with Crippen LogP contribution in [0.4, 0.5) is 0 Å². The molecule has 0 fully saturated rings. The Morgan fingerprint density at radius 1 is 1.89 bits per heavy atom. The van der Waals surface area contributed by atoms with Crippen molar-refractivity contribution in [1.82, 2.24) is 4.98 Å². The Hall–Kier alpha value is -0.350. The SMILES string of the molecule is CSc1cnc(C=O)s1. The van der Waals surface area contributed by atoms with E-state index in [1.54, 1.807) is 18.0 Å². The summed E-state index contributed by atoms with van der Waals surface area (Å²) in [6.07, 6.45) is 4.44. The molecule has 1 heterocycles. The highest BCUT2D eigenvalue weighted by Crippen LogP contribution is 2.20. The van der Waals surface area contributed by atoms with E-state index in [9.17, 15) is 4.79 Å². The number of aldehydes is 1. The van der Waals surface area contributed by atoms with Crippen molar-refractivity contribution in [2.24, 2.45) is 0 Å². The largest absolute Gasteiger partial charge is 0.295 e. The van der Waals surface area contributed by atoms with Gasteiger partial charge >= 0.3 is 0 Å². The predicted octanol–water partition coefficient (Wildman–Crippen LogP) is 1.68. The molecule has 1 rings (SSSR count). The Kier molecular flexibility index (Phi) is 2.24. The van der Waals surface area contributed by atoms with Gasteiger partial charge in [-0.2, -0.15) is 0 Å². The van der Waals surface area contributed by atoms with Gasteiger partial charge in [0.15, 0.2) is 11.3 Å². The second kappa shape index (κ2) is 2.98. The van der Waals surface area contributed by atoms with E-state index < -0.39 is 0 Å². The number of carbonyl (C=O) groups excluding carboxylic acids is 1. The molecule has 4 heteroatoms. The third-order valence-electron chi connectivity index (χ3n) is 0.804. The van der Waals surface area contributed by atoms with Gasteiger partial charge in [-0.05, 0) is 6.26 Å². The number of rotatable bonds is 2. The quantitative estimate of drug-likeness (QED) is 0.485. The standard InChI is InChI=1S/C5H5NOS2/c1-8-5-2-6-4(3-7)9-5/h2-3H,1H3. The number of thioether (sulfide) groups is 1. The maximum absolute atomic E-state index is 10.1.